The number of nitrogen functional groups attached to an aromatic ring is 1. The maximum Gasteiger partial charge on any atom is 0.259 e. The fourth-order valence-electron chi connectivity index (χ4n) is 3.34. The van der Waals surface area contributed by atoms with E-state index in [4.69, 9.17) is 22.1 Å². The molecular weight excluding hydrogens is 402 g/mol. The molecule has 4 aromatic rings. The number of nitrogens with two attached hydrogens (primary N) is 1. The largest absolute Gasteiger partial charge is 0.497 e. The molecule has 2 aromatic heterocycles. The van der Waals surface area contributed by atoms with E-state index in [0.717, 1.165) is 0 Å². The average Bonchev–Trinajstić information content (AvgIpc) is 3.05. The zero-order valence-corrected chi connectivity index (χ0v) is 16.8. The number of pyridine rings is 1. The second-order valence-corrected chi connectivity index (χ2v) is 7.05. The molecule has 150 valence electrons. The topological polar surface area (TPSA) is 85.8 Å². The minimum atomic E-state index is -0.424. The van der Waals surface area contributed by atoms with Crippen LogP contribution in [0, 0.1) is 0 Å². The molecule has 0 aliphatic rings. The zero-order valence-electron chi connectivity index (χ0n) is 16.1. The van der Waals surface area contributed by atoms with Crippen LogP contribution >= 0.6 is 11.6 Å². The van der Waals surface area contributed by atoms with Crippen molar-refractivity contribution in [2.45, 2.75) is 0 Å². The van der Waals surface area contributed by atoms with E-state index in [-0.39, 0.29) is 22.7 Å². The van der Waals surface area contributed by atoms with E-state index in [1.54, 1.807) is 84.4 Å². The summed E-state index contributed by atoms with van der Waals surface area (Å²) in [7, 11) is 1.56. The van der Waals surface area contributed by atoms with E-state index >= 15 is 0 Å². The lowest BCUT2D eigenvalue weighted by Gasteiger charge is -2.06. The van der Waals surface area contributed by atoms with Gasteiger partial charge >= 0.3 is 0 Å². The Hall–Kier alpha value is -3.77. The molecule has 0 saturated carbocycles. The highest BCUT2D eigenvalue weighted by Gasteiger charge is 2.26. The number of hydrogen-bond donors (Lipinski definition) is 2. The normalized spacial score (nSPS) is 10.7. The number of benzene rings is 2. The number of rotatable bonds is 5. The van der Waals surface area contributed by atoms with Crippen molar-refractivity contribution >= 4 is 40.2 Å². The molecule has 1 amide bonds. The van der Waals surface area contributed by atoms with Gasteiger partial charge in [0, 0.05) is 22.5 Å². The van der Waals surface area contributed by atoms with E-state index in [1.165, 1.54) is 0 Å². The van der Waals surface area contributed by atoms with Crippen LogP contribution in [0.4, 0.5) is 11.4 Å². The van der Waals surface area contributed by atoms with Gasteiger partial charge < -0.3 is 20.2 Å². The van der Waals surface area contributed by atoms with E-state index in [9.17, 15) is 9.59 Å². The van der Waals surface area contributed by atoms with Gasteiger partial charge in [-0.3, -0.25) is 9.59 Å². The summed E-state index contributed by atoms with van der Waals surface area (Å²) in [5.74, 6) is -0.0773. The molecule has 7 heteroatoms. The van der Waals surface area contributed by atoms with Crippen molar-refractivity contribution < 1.29 is 14.3 Å². The Balaban J connectivity index is 1.79. The maximum atomic E-state index is 13.2. The van der Waals surface area contributed by atoms with Crippen molar-refractivity contribution in [1.82, 2.24) is 4.40 Å². The van der Waals surface area contributed by atoms with Gasteiger partial charge in [0.15, 0.2) is 0 Å². The van der Waals surface area contributed by atoms with Crippen LogP contribution in [0.25, 0.3) is 5.52 Å². The molecule has 0 unspecified atom stereocenters. The van der Waals surface area contributed by atoms with E-state index in [2.05, 4.69) is 5.32 Å². The molecule has 0 aliphatic carbocycles. The standard InChI is InChI=1S/C23H18ClN3O3/c1-30-17-10-8-14(9-11-17)22(28)21-20(25)19(18-7-2-3-12-27(18)21)23(29)26-16-6-4-5-15(24)13-16/h2-13H,25H2,1H3,(H,26,29). The molecule has 0 atom stereocenters. The molecule has 0 radical (unpaired) electrons. The van der Waals surface area contributed by atoms with Crippen molar-refractivity contribution in [2.75, 3.05) is 18.2 Å². The summed E-state index contributed by atoms with van der Waals surface area (Å²) in [4.78, 5) is 26.3. The van der Waals surface area contributed by atoms with E-state index in [1.807, 2.05) is 0 Å². The molecule has 4 rings (SSSR count). The van der Waals surface area contributed by atoms with Gasteiger partial charge in [-0.05, 0) is 54.6 Å². The number of ether oxygens (including phenoxy) is 1. The Morgan fingerprint density at radius 1 is 1.03 bits per heavy atom. The van der Waals surface area contributed by atoms with Gasteiger partial charge in [0.1, 0.15) is 11.4 Å². The molecular formula is C23H18ClN3O3. The summed E-state index contributed by atoms with van der Waals surface area (Å²) >= 11 is 6.00. The van der Waals surface area contributed by atoms with Crippen LogP contribution in [0.1, 0.15) is 26.4 Å². The molecule has 2 heterocycles. The minimum Gasteiger partial charge on any atom is -0.497 e. The summed E-state index contributed by atoms with van der Waals surface area (Å²) in [6, 6.07) is 18.8. The summed E-state index contributed by atoms with van der Waals surface area (Å²) in [6.45, 7) is 0. The minimum absolute atomic E-state index is 0.113. The molecule has 0 saturated heterocycles. The molecule has 30 heavy (non-hydrogen) atoms. The van der Waals surface area contributed by atoms with Crippen LogP contribution in [-0.4, -0.2) is 23.2 Å². The third-order valence-corrected chi connectivity index (χ3v) is 4.99. The Bertz CT molecular complexity index is 1260. The maximum absolute atomic E-state index is 13.2. The van der Waals surface area contributed by atoms with Gasteiger partial charge in [0.25, 0.3) is 5.91 Å². The molecule has 0 bridgehead atoms. The SMILES string of the molecule is COc1ccc(C(=O)c2c(N)c(C(=O)Nc3cccc(Cl)c3)c3ccccn23)cc1. The number of methoxy groups -OCH3 is 1. The third kappa shape index (κ3) is 3.49. The first-order chi connectivity index (χ1) is 14.5. The number of amides is 1. The summed E-state index contributed by atoms with van der Waals surface area (Å²) in [6.07, 6.45) is 1.71. The number of carbonyl (C=O) groups is 2. The highest BCUT2D eigenvalue weighted by atomic mass is 35.5. The van der Waals surface area contributed by atoms with Gasteiger partial charge in [-0.1, -0.05) is 23.7 Å². The second kappa shape index (κ2) is 7.93. The molecule has 6 nitrogen and oxygen atoms in total. The lowest BCUT2D eigenvalue weighted by atomic mass is 10.1. The van der Waals surface area contributed by atoms with Gasteiger partial charge in [-0.25, -0.2) is 0 Å². The molecule has 2 aromatic carbocycles. The van der Waals surface area contributed by atoms with Crippen molar-refractivity contribution in [1.29, 1.82) is 0 Å². The second-order valence-electron chi connectivity index (χ2n) is 6.62. The van der Waals surface area contributed by atoms with Gasteiger partial charge in [-0.2, -0.15) is 0 Å². The third-order valence-electron chi connectivity index (χ3n) is 4.76. The first-order valence-corrected chi connectivity index (χ1v) is 9.51. The summed E-state index contributed by atoms with van der Waals surface area (Å²) < 4.78 is 6.78. The predicted octanol–water partition coefficient (Wildman–Crippen LogP) is 4.67. The summed E-state index contributed by atoms with van der Waals surface area (Å²) in [5.41, 5.74) is 8.42. The number of nitrogens with one attached hydrogen (secondary N) is 1. The smallest absolute Gasteiger partial charge is 0.259 e. The number of anilines is 2. The Kier molecular flexibility index (Phi) is 5.16. The van der Waals surface area contributed by atoms with Gasteiger partial charge in [0.05, 0.1) is 23.9 Å². The predicted molar refractivity (Wildman–Crippen MR) is 118 cm³/mol. The first kappa shape index (κ1) is 19.5. The van der Waals surface area contributed by atoms with E-state index in [0.29, 0.717) is 27.5 Å². The number of carbonyl (C=O) groups excluding carboxylic acids is 2. The summed E-state index contributed by atoms with van der Waals surface area (Å²) in [5, 5.41) is 3.29. The van der Waals surface area contributed by atoms with Crippen LogP contribution in [0.2, 0.25) is 5.02 Å². The molecule has 0 fully saturated rings. The van der Waals surface area contributed by atoms with Crippen LogP contribution in [0.15, 0.2) is 72.9 Å². The fraction of sp³-hybridized carbons (Fsp3) is 0.0435. The Labute approximate surface area is 177 Å². The monoisotopic (exact) mass is 419 g/mol. The number of halogens is 1. The zero-order chi connectivity index (χ0) is 21.3. The highest BCUT2D eigenvalue weighted by Crippen LogP contribution is 2.30. The number of ketones is 1. The van der Waals surface area contributed by atoms with Crippen molar-refractivity contribution in [2.24, 2.45) is 0 Å². The first-order valence-electron chi connectivity index (χ1n) is 9.14. The van der Waals surface area contributed by atoms with Crippen LogP contribution < -0.4 is 15.8 Å². The van der Waals surface area contributed by atoms with Crippen molar-refractivity contribution in [3.05, 3.63) is 94.8 Å². The molecule has 3 N–H and O–H groups in total. The van der Waals surface area contributed by atoms with Crippen molar-refractivity contribution in [3.8, 4) is 5.75 Å². The fourth-order valence-corrected chi connectivity index (χ4v) is 3.53. The van der Waals surface area contributed by atoms with E-state index < -0.39 is 5.91 Å². The van der Waals surface area contributed by atoms with Crippen LogP contribution in [0.3, 0.4) is 0 Å². The average molecular weight is 420 g/mol. The number of aromatic nitrogens is 1. The van der Waals surface area contributed by atoms with Gasteiger partial charge in [-0.15, -0.1) is 0 Å². The van der Waals surface area contributed by atoms with Gasteiger partial charge in [0.2, 0.25) is 5.78 Å². The molecule has 0 spiro atoms. The van der Waals surface area contributed by atoms with Crippen LogP contribution in [-0.2, 0) is 0 Å². The van der Waals surface area contributed by atoms with Crippen molar-refractivity contribution in [3.63, 3.8) is 0 Å². The lowest BCUT2D eigenvalue weighted by Crippen LogP contribution is -2.14. The lowest BCUT2D eigenvalue weighted by molar-refractivity contribution is 0.102. The highest BCUT2D eigenvalue weighted by molar-refractivity contribution is 6.31. The van der Waals surface area contributed by atoms with Crippen LogP contribution in [0.5, 0.6) is 5.75 Å². The molecule has 0 aliphatic heterocycles. The Morgan fingerprint density at radius 3 is 2.50 bits per heavy atom. The number of fused-ring (bicyclic) bond motifs is 1. The number of nitrogens with zero attached hydrogens (tertiary/aromatic N) is 1. The Morgan fingerprint density at radius 2 is 1.80 bits per heavy atom. The number of hydrogen-bond acceptors (Lipinski definition) is 4. The quantitative estimate of drug-likeness (QED) is 0.460.